The van der Waals surface area contributed by atoms with E-state index >= 15 is 0 Å². The molecule has 0 aliphatic carbocycles. The Bertz CT molecular complexity index is 944. The first-order chi connectivity index (χ1) is 11.5. The van der Waals surface area contributed by atoms with Gasteiger partial charge < -0.3 is 9.67 Å². The molecule has 1 aromatic heterocycles. The molecule has 7 nitrogen and oxygen atoms in total. The lowest BCUT2D eigenvalue weighted by molar-refractivity contribution is -0.385. The predicted octanol–water partition coefficient (Wildman–Crippen LogP) is 3.35. The van der Waals surface area contributed by atoms with Gasteiger partial charge >= 0.3 is 0 Å². The van der Waals surface area contributed by atoms with Crippen LogP contribution >= 0.6 is 0 Å². The van der Waals surface area contributed by atoms with Crippen molar-refractivity contribution in [2.45, 2.75) is 19.9 Å². The highest BCUT2D eigenvalue weighted by molar-refractivity contribution is 5.87. The molecule has 0 bridgehead atoms. The minimum atomic E-state index is -0.542. The van der Waals surface area contributed by atoms with Crippen molar-refractivity contribution >= 4 is 28.9 Å². The number of nitrogens with zero attached hydrogens (tertiary/aromatic N) is 4. The number of para-hydroxylation sites is 2. The Labute approximate surface area is 138 Å². The van der Waals surface area contributed by atoms with Gasteiger partial charge in [0, 0.05) is 24.4 Å². The molecule has 0 atom stereocenters. The van der Waals surface area contributed by atoms with E-state index in [0.717, 1.165) is 11.0 Å². The molecule has 1 heterocycles. The Hall–Kier alpha value is -3.22. The van der Waals surface area contributed by atoms with Gasteiger partial charge in [0.1, 0.15) is 0 Å². The van der Waals surface area contributed by atoms with Gasteiger partial charge in [-0.15, -0.1) is 0 Å². The third-order valence-electron chi connectivity index (χ3n) is 3.62. The average molecular weight is 323 g/mol. The summed E-state index contributed by atoms with van der Waals surface area (Å²) in [6.07, 6.45) is 1.33. The van der Waals surface area contributed by atoms with Crippen LogP contribution in [-0.4, -0.2) is 20.7 Å². The largest absolute Gasteiger partial charge is 0.872 e. The molecule has 2 aromatic carbocycles. The van der Waals surface area contributed by atoms with Crippen LogP contribution in [0.15, 0.2) is 47.5 Å². The molecule has 0 unspecified atom stereocenters. The minimum Gasteiger partial charge on any atom is -0.872 e. The summed E-state index contributed by atoms with van der Waals surface area (Å²) in [4.78, 5) is 19.1. The predicted molar refractivity (Wildman–Crippen MR) is 89.9 cm³/mol. The van der Waals surface area contributed by atoms with Gasteiger partial charge in [0.25, 0.3) is 5.69 Å². The van der Waals surface area contributed by atoms with Gasteiger partial charge in [-0.1, -0.05) is 23.9 Å². The van der Waals surface area contributed by atoms with Crippen LogP contribution in [0.1, 0.15) is 25.5 Å². The lowest BCUT2D eigenvalue weighted by atomic mass is 10.2. The second-order valence-electron chi connectivity index (χ2n) is 5.60. The van der Waals surface area contributed by atoms with Crippen molar-refractivity contribution in [3.63, 3.8) is 0 Å². The molecule has 0 saturated heterocycles. The maximum Gasteiger partial charge on any atom is 0.270 e. The number of aromatic nitrogens is 2. The van der Waals surface area contributed by atoms with E-state index in [1.54, 1.807) is 0 Å². The lowest BCUT2D eigenvalue weighted by Crippen LogP contribution is -2.01. The molecule has 0 amide bonds. The molecule has 24 heavy (non-hydrogen) atoms. The quantitative estimate of drug-likeness (QED) is 0.418. The maximum absolute atomic E-state index is 11.9. The van der Waals surface area contributed by atoms with Crippen LogP contribution in [0.2, 0.25) is 0 Å². The molecule has 0 N–H and O–H groups in total. The number of benzene rings is 2. The molecule has 122 valence electrons. The first-order valence-corrected chi connectivity index (χ1v) is 7.44. The van der Waals surface area contributed by atoms with Gasteiger partial charge in [-0.05, 0) is 31.5 Å². The summed E-state index contributed by atoms with van der Waals surface area (Å²) in [6.45, 7) is 4.03. The lowest BCUT2D eigenvalue weighted by Gasteiger charge is -2.11. The Morgan fingerprint density at radius 2 is 2.00 bits per heavy atom. The Kier molecular flexibility index (Phi) is 3.99. The summed E-state index contributed by atoms with van der Waals surface area (Å²) in [5.74, 6) is 0.133. The number of non-ortho nitro benzene ring substituents is 1. The molecule has 0 aliphatic rings. The van der Waals surface area contributed by atoms with Crippen molar-refractivity contribution in [3.05, 3.63) is 58.1 Å². The number of hydrogen-bond acceptors (Lipinski definition) is 5. The van der Waals surface area contributed by atoms with Crippen molar-refractivity contribution in [2.24, 2.45) is 4.99 Å². The summed E-state index contributed by atoms with van der Waals surface area (Å²) in [5.41, 5.74) is 1.76. The highest BCUT2D eigenvalue weighted by Crippen LogP contribution is 2.26. The van der Waals surface area contributed by atoms with Crippen molar-refractivity contribution in [2.75, 3.05) is 0 Å². The second-order valence-corrected chi connectivity index (χ2v) is 5.60. The summed E-state index contributed by atoms with van der Waals surface area (Å²) in [7, 11) is 0. The van der Waals surface area contributed by atoms with Gasteiger partial charge in [0.15, 0.2) is 0 Å². The fourth-order valence-electron chi connectivity index (χ4n) is 2.51. The van der Waals surface area contributed by atoms with Crippen LogP contribution in [0.25, 0.3) is 11.0 Å². The van der Waals surface area contributed by atoms with E-state index in [0.29, 0.717) is 5.95 Å². The minimum absolute atomic E-state index is 0.126. The van der Waals surface area contributed by atoms with Crippen LogP contribution in [0.3, 0.4) is 0 Å². The first kappa shape index (κ1) is 15.7. The third kappa shape index (κ3) is 2.83. The van der Waals surface area contributed by atoms with E-state index in [2.05, 4.69) is 9.98 Å². The van der Waals surface area contributed by atoms with Crippen molar-refractivity contribution < 1.29 is 10.0 Å². The Balaban J connectivity index is 2.07. The normalized spacial score (nSPS) is 11.6. The number of imidazole rings is 1. The van der Waals surface area contributed by atoms with Crippen LogP contribution in [0.5, 0.6) is 5.75 Å². The average Bonchev–Trinajstić information content (AvgIpc) is 2.92. The van der Waals surface area contributed by atoms with E-state index in [-0.39, 0.29) is 23.0 Å². The summed E-state index contributed by atoms with van der Waals surface area (Å²) in [5, 5.41) is 22.7. The second kappa shape index (κ2) is 6.11. The summed E-state index contributed by atoms with van der Waals surface area (Å²) >= 11 is 0. The molecular weight excluding hydrogens is 308 g/mol. The number of fused-ring (bicyclic) bond motifs is 1. The number of nitro benzene ring substituents is 1. The summed E-state index contributed by atoms with van der Waals surface area (Å²) in [6, 6.07) is 11.4. The molecule has 7 heteroatoms. The van der Waals surface area contributed by atoms with Gasteiger partial charge in [0.05, 0.1) is 16.0 Å². The SMILES string of the molecule is CC(C)n1c(N=Cc2cc([N+](=O)[O-])ccc2[O-])nc2ccccc21. The smallest absolute Gasteiger partial charge is 0.270 e. The molecule has 0 saturated carbocycles. The molecule has 0 spiro atoms. The van der Waals surface area contributed by atoms with Crippen LogP contribution in [-0.2, 0) is 0 Å². The van der Waals surface area contributed by atoms with Gasteiger partial charge in [-0.3, -0.25) is 10.1 Å². The van der Waals surface area contributed by atoms with Gasteiger partial charge in [0.2, 0.25) is 5.95 Å². The summed E-state index contributed by atoms with van der Waals surface area (Å²) < 4.78 is 1.95. The zero-order valence-electron chi connectivity index (χ0n) is 13.2. The van der Waals surface area contributed by atoms with Crippen LogP contribution in [0, 0.1) is 10.1 Å². The fraction of sp³-hybridized carbons (Fsp3) is 0.176. The standard InChI is InChI=1S/C17H16N4O3/c1-11(2)20-15-6-4-3-5-14(15)19-17(20)18-10-12-9-13(21(23)24)7-8-16(12)22/h3-11,22H,1-2H3/p-1. The number of hydrogen-bond donors (Lipinski definition) is 0. The van der Waals surface area contributed by atoms with E-state index < -0.39 is 4.92 Å². The van der Waals surface area contributed by atoms with Crippen LogP contribution < -0.4 is 5.11 Å². The number of aliphatic imine (C=N–C) groups is 1. The van der Waals surface area contributed by atoms with Crippen LogP contribution in [0.4, 0.5) is 11.6 Å². The zero-order chi connectivity index (χ0) is 17.3. The topological polar surface area (TPSA) is 96.4 Å². The molecule has 3 aromatic rings. The zero-order valence-corrected chi connectivity index (χ0v) is 13.2. The van der Waals surface area contributed by atoms with Crippen molar-refractivity contribution in [3.8, 4) is 5.75 Å². The Morgan fingerprint density at radius 1 is 1.25 bits per heavy atom. The maximum atomic E-state index is 11.9. The Morgan fingerprint density at radius 3 is 2.71 bits per heavy atom. The van der Waals surface area contributed by atoms with E-state index in [4.69, 9.17) is 0 Å². The highest BCUT2D eigenvalue weighted by atomic mass is 16.6. The van der Waals surface area contributed by atoms with E-state index in [1.165, 1.54) is 24.4 Å². The van der Waals surface area contributed by atoms with E-state index in [1.807, 2.05) is 42.7 Å². The number of rotatable bonds is 4. The first-order valence-electron chi connectivity index (χ1n) is 7.44. The molecular formula is C17H15N4O3-. The third-order valence-corrected chi connectivity index (χ3v) is 3.62. The molecule has 0 radical (unpaired) electrons. The van der Waals surface area contributed by atoms with Crippen molar-refractivity contribution in [1.82, 2.24) is 9.55 Å². The highest BCUT2D eigenvalue weighted by Gasteiger charge is 2.12. The van der Waals surface area contributed by atoms with Gasteiger partial charge in [-0.2, -0.15) is 0 Å². The number of nitro groups is 1. The molecule has 0 fully saturated rings. The fourth-order valence-corrected chi connectivity index (χ4v) is 2.51. The monoisotopic (exact) mass is 323 g/mol. The van der Waals surface area contributed by atoms with E-state index in [9.17, 15) is 15.2 Å². The molecule has 0 aliphatic heterocycles. The van der Waals surface area contributed by atoms with Gasteiger partial charge in [-0.25, -0.2) is 9.98 Å². The van der Waals surface area contributed by atoms with Crippen molar-refractivity contribution in [1.29, 1.82) is 0 Å². The molecule has 3 rings (SSSR count).